The van der Waals surface area contributed by atoms with E-state index in [4.69, 9.17) is 0 Å². The van der Waals surface area contributed by atoms with Crippen LogP contribution >= 0.6 is 0 Å². The van der Waals surface area contributed by atoms with Gasteiger partial charge >= 0.3 is 11.8 Å². The Bertz CT molecular complexity index is 667. The van der Waals surface area contributed by atoms with Gasteiger partial charge in [-0.2, -0.15) is 0 Å². The van der Waals surface area contributed by atoms with Crippen molar-refractivity contribution in [2.24, 2.45) is 0 Å². The summed E-state index contributed by atoms with van der Waals surface area (Å²) in [7, 11) is 3.98. The minimum atomic E-state index is -0.609. The van der Waals surface area contributed by atoms with Crippen LogP contribution in [0, 0.1) is 0 Å². The monoisotopic (exact) mass is 325 g/mol. The van der Waals surface area contributed by atoms with Crippen LogP contribution in [0.5, 0.6) is 0 Å². The molecule has 0 saturated carbocycles. The zero-order valence-corrected chi connectivity index (χ0v) is 14.1. The Morgan fingerprint density at radius 3 is 2.08 bits per heavy atom. The summed E-state index contributed by atoms with van der Waals surface area (Å²) in [6.07, 6.45) is 0.686. The molecular formula is C19H23N3O2. The first-order chi connectivity index (χ1) is 11.6. The highest BCUT2D eigenvalue weighted by Crippen LogP contribution is 2.12. The smallest absolute Gasteiger partial charge is 0.309 e. The minimum Gasteiger partial charge on any atom is -0.378 e. The van der Waals surface area contributed by atoms with Gasteiger partial charge in [0.1, 0.15) is 0 Å². The number of amides is 2. The second-order valence-corrected chi connectivity index (χ2v) is 5.74. The summed E-state index contributed by atoms with van der Waals surface area (Å²) in [6, 6.07) is 17.6. The Morgan fingerprint density at radius 2 is 1.46 bits per heavy atom. The van der Waals surface area contributed by atoms with Crippen LogP contribution in [0.25, 0.3) is 0 Å². The highest BCUT2D eigenvalue weighted by atomic mass is 16.2. The van der Waals surface area contributed by atoms with Crippen molar-refractivity contribution < 1.29 is 9.59 Å². The zero-order valence-electron chi connectivity index (χ0n) is 14.1. The Kier molecular flexibility index (Phi) is 6.37. The third-order valence-corrected chi connectivity index (χ3v) is 3.65. The van der Waals surface area contributed by atoms with E-state index in [0.717, 1.165) is 16.8 Å². The first-order valence-electron chi connectivity index (χ1n) is 7.92. The fraction of sp³-hybridized carbons (Fsp3) is 0.263. The molecule has 0 atom stereocenters. The fourth-order valence-corrected chi connectivity index (χ4v) is 2.22. The standard InChI is InChI=1S/C19H23N3O2/c1-22(2)17-10-8-15(9-11-17)12-13-20-18(23)19(24)21-14-16-6-4-3-5-7-16/h3-11H,12-14H2,1-2H3,(H,20,23)(H,21,24). The van der Waals surface area contributed by atoms with Gasteiger partial charge in [-0.25, -0.2) is 0 Å². The lowest BCUT2D eigenvalue weighted by Gasteiger charge is -2.12. The molecular weight excluding hydrogens is 302 g/mol. The molecule has 2 N–H and O–H groups in total. The first-order valence-corrected chi connectivity index (χ1v) is 7.92. The summed E-state index contributed by atoms with van der Waals surface area (Å²) in [4.78, 5) is 25.5. The molecule has 2 aromatic rings. The Morgan fingerprint density at radius 1 is 0.833 bits per heavy atom. The lowest BCUT2D eigenvalue weighted by Crippen LogP contribution is -2.40. The summed E-state index contributed by atoms with van der Waals surface area (Å²) < 4.78 is 0. The fourth-order valence-electron chi connectivity index (χ4n) is 2.22. The van der Waals surface area contributed by atoms with E-state index in [-0.39, 0.29) is 0 Å². The number of anilines is 1. The van der Waals surface area contributed by atoms with E-state index in [1.807, 2.05) is 73.6 Å². The number of nitrogens with one attached hydrogen (secondary N) is 2. The average Bonchev–Trinajstić information content (AvgIpc) is 2.61. The van der Waals surface area contributed by atoms with Crippen LogP contribution in [0.15, 0.2) is 54.6 Å². The molecule has 0 fully saturated rings. The van der Waals surface area contributed by atoms with Crippen molar-refractivity contribution in [2.45, 2.75) is 13.0 Å². The minimum absolute atomic E-state index is 0.346. The second kappa shape index (κ2) is 8.72. The normalized spacial score (nSPS) is 10.1. The zero-order chi connectivity index (χ0) is 17.4. The third-order valence-electron chi connectivity index (χ3n) is 3.65. The van der Waals surface area contributed by atoms with Gasteiger partial charge in [-0.15, -0.1) is 0 Å². The predicted molar refractivity (Wildman–Crippen MR) is 95.8 cm³/mol. The van der Waals surface area contributed by atoms with Crippen molar-refractivity contribution in [1.29, 1.82) is 0 Å². The van der Waals surface area contributed by atoms with Gasteiger partial charge in [0.05, 0.1) is 0 Å². The van der Waals surface area contributed by atoms with Gasteiger partial charge in [0.15, 0.2) is 0 Å². The Labute approximate surface area is 142 Å². The number of benzene rings is 2. The summed E-state index contributed by atoms with van der Waals surface area (Å²) >= 11 is 0. The van der Waals surface area contributed by atoms with Crippen molar-refractivity contribution in [2.75, 3.05) is 25.5 Å². The molecule has 5 nitrogen and oxygen atoms in total. The molecule has 2 aromatic carbocycles. The van der Waals surface area contributed by atoms with Crippen LogP contribution in [0.3, 0.4) is 0 Å². The van der Waals surface area contributed by atoms with Crippen molar-refractivity contribution in [1.82, 2.24) is 10.6 Å². The summed E-state index contributed by atoms with van der Waals surface area (Å²) in [6.45, 7) is 0.776. The van der Waals surface area contributed by atoms with Gasteiger partial charge in [0, 0.05) is 32.9 Å². The molecule has 2 rings (SSSR count). The quantitative estimate of drug-likeness (QED) is 0.795. The highest BCUT2D eigenvalue weighted by Gasteiger charge is 2.12. The van der Waals surface area contributed by atoms with E-state index < -0.39 is 11.8 Å². The van der Waals surface area contributed by atoms with Gasteiger partial charge in [-0.05, 0) is 29.7 Å². The second-order valence-electron chi connectivity index (χ2n) is 5.74. The molecule has 0 saturated heterocycles. The van der Waals surface area contributed by atoms with Gasteiger partial charge in [-0.3, -0.25) is 9.59 Å². The molecule has 24 heavy (non-hydrogen) atoms. The number of carbonyl (C=O) groups excluding carboxylic acids is 2. The maximum Gasteiger partial charge on any atom is 0.309 e. The van der Waals surface area contributed by atoms with Crippen LogP contribution in [0.1, 0.15) is 11.1 Å². The van der Waals surface area contributed by atoms with Crippen LogP contribution in [-0.2, 0) is 22.6 Å². The van der Waals surface area contributed by atoms with Crippen molar-refractivity contribution >= 4 is 17.5 Å². The molecule has 5 heteroatoms. The molecule has 0 radical (unpaired) electrons. The number of rotatable bonds is 6. The Balaban J connectivity index is 1.71. The van der Waals surface area contributed by atoms with Crippen molar-refractivity contribution in [3.05, 3.63) is 65.7 Å². The average molecular weight is 325 g/mol. The predicted octanol–water partition coefficient (Wildman–Crippen LogP) is 1.73. The van der Waals surface area contributed by atoms with E-state index in [1.165, 1.54) is 0 Å². The van der Waals surface area contributed by atoms with Crippen LogP contribution in [0.2, 0.25) is 0 Å². The highest BCUT2D eigenvalue weighted by molar-refractivity contribution is 6.35. The topological polar surface area (TPSA) is 61.4 Å². The van der Waals surface area contributed by atoms with Crippen LogP contribution in [0.4, 0.5) is 5.69 Å². The molecule has 0 spiro atoms. The lowest BCUT2D eigenvalue weighted by molar-refractivity contribution is -0.139. The molecule has 0 unspecified atom stereocenters. The SMILES string of the molecule is CN(C)c1ccc(CCNC(=O)C(=O)NCc2ccccc2)cc1. The number of nitrogens with zero attached hydrogens (tertiary/aromatic N) is 1. The van der Waals surface area contributed by atoms with Gasteiger partial charge in [0.25, 0.3) is 0 Å². The number of carbonyl (C=O) groups is 2. The first kappa shape index (κ1) is 17.5. The van der Waals surface area contributed by atoms with E-state index in [2.05, 4.69) is 10.6 Å². The summed E-state index contributed by atoms with van der Waals surface area (Å²) in [5, 5.41) is 5.25. The maximum atomic E-state index is 11.8. The van der Waals surface area contributed by atoms with Crippen LogP contribution in [-0.4, -0.2) is 32.5 Å². The number of hydrogen-bond donors (Lipinski definition) is 2. The number of hydrogen-bond acceptors (Lipinski definition) is 3. The van der Waals surface area contributed by atoms with Crippen molar-refractivity contribution in [3.8, 4) is 0 Å². The maximum absolute atomic E-state index is 11.8. The molecule has 0 aliphatic rings. The summed E-state index contributed by atoms with van der Waals surface area (Å²) in [5.41, 5.74) is 3.20. The van der Waals surface area contributed by atoms with Gasteiger partial charge < -0.3 is 15.5 Å². The molecule has 0 aromatic heterocycles. The largest absolute Gasteiger partial charge is 0.378 e. The molecule has 0 heterocycles. The van der Waals surface area contributed by atoms with E-state index in [1.54, 1.807) is 0 Å². The van der Waals surface area contributed by atoms with Gasteiger partial charge in [0.2, 0.25) is 0 Å². The van der Waals surface area contributed by atoms with E-state index in [9.17, 15) is 9.59 Å². The molecule has 126 valence electrons. The lowest BCUT2D eigenvalue weighted by atomic mass is 10.1. The Hall–Kier alpha value is -2.82. The van der Waals surface area contributed by atoms with Gasteiger partial charge in [-0.1, -0.05) is 42.5 Å². The third kappa shape index (κ3) is 5.43. The molecule has 2 amide bonds. The summed E-state index contributed by atoms with van der Waals surface area (Å²) in [5.74, 6) is -1.21. The van der Waals surface area contributed by atoms with E-state index >= 15 is 0 Å². The van der Waals surface area contributed by atoms with E-state index in [0.29, 0.717) is 19.5 Å². The molecule has 0 bridgehead atoms. The molecule has 0 aliphatic carbocycles. The van der Waals surface area contributed by atoms with Crippen molar-refractivity contribution in [3.63, 3.8) is 0 Å². The molecule has 0 aliphatic heterocycles. The van der Waals surface area contributed by atoms with Crippen LogP contribution < -0.4 is 15.5 Å².